The SMILES string of the molecule is COc1cc(Oc2ccc3c(c2)c(C#N)cn3C)cc(OC)c1O.COc1cc(Oc2ccc3c(c2)c(C#N)cn3C)cc(OC)c1OC. The molecule has 4 aromatic carbocycles. The minimum atomic E-state index is -0.0855. The van der Waals surface area contributed by atoms with Crippen LogP contribution in [0, 0.1) is 22.7 Å². The lowest BCUT2D eigenvalue weighted by atomic mass is 10.2. The van der Waals surface area contributed by atoms with Crippen LogP contribution in [-0.2, 0) is 14.1 Å². The maximum atomic E-state index is 9.95. The number of hydrogen-bond acceptors (Lipinski definition) is 10. The fourth-order valence-corrected chi connectivity index (χ4v) is 5.36. The lowest BCUT2D eigenvalue weighted by Gasteiger charge is -2.14. The van der Waals surface area contributed by atoms with Crippen LogP contribution in [0.2, 0.25) is 0 Å². The molecule has 0 aliphatic carbocycles. The van der Waals surface area contributed by atoms with Gasteiger partial charge in [-0.2, -0.15) is 10.5 Å². The highest BCUT2D eigenvalue weighted by Crippen LogP contribution is 2.43. The molecule has 0 aliphatic rings. The van der Waals surface area contributed by atoms with Crippen LogP contribution in [0.5, 0.6) is 57.5 Å². The number of nitriles is 2. The van der Waals surface area contributed by atoms with Crippen LogP contribution < -0.4 is 33.2 Å². The van der Waals surface area contributed by atoms with E-state index in [-0.39, 0.29) is 17.2 Å². The third-order valence-corrected chi connectivity index (χ3v) is 7.73. The molecule has 0 saturated carbocycles. The minimum Gasteiger partial charge on any atom is -0.502 e. The van der Waals surface area contributed by atoms with Crippen molar-refractivity contribution < 1.29 is 38.3 Å². The van der Waals surface area contributed by atoms with Crippen molar-refractivity contribution in [2.24, 2.45) is 14.1 Å². The molecule has 12 nitrogen and oxygen atoms in total. The number of hydrogen-bond donors (Lipinski definition) is 1. The number of benzene rings is 4. The van der Waals surface area contributed by atoms with Gasteiger partial charge in [0.2, 0.25) is 11.5 Å². The first kappa shape index (κ1) is 33.7. The molecule has 12 heteroatoms. The monoisotopic (exact) mass is 662 g/mol. The summed E-state index contributed by atoms with van der Waals surface area (Å²) in [5, 5.41) is 30.1. The van der Waals surface area contributed by atoms with Gasteiger partial charge >= 0.3 is 0 Å². The molecule has 2 heterocycles. The largest absolute Gasteiger partial charge is 0.502 e. The third-order valence-electron chi connectivity index (χ3n) is 7.73. The van der Waals surface area contributed by atoms with Gasteiger partial charge < -0.3 is 47.4 Å². The second kappa shape index (κ2) is 14.4. The number of aryl methyl sites for hydroxylation is 2. The van der Waals surface area contributed by atoms with E-state index in [0.29, 0.717) is 51.4 Å². The quantitative estimate of drug-likeness (QED) is 0.166. The average molecular weight is 663 g/mol. The van der Waals surface area contributed by atoms with Crippen LogP contribution in [0.15, 0.2) is 73.1 Å². The lowest BCUT2D eigenvalue weighted by Crippen LogP contribution is -1.96. The summed E-state index contributed by atoms with van der Waals surface area (Å²) in [5.74, 6) is 4.12. The van der Waals surface area contributed by atoms with E-state index in [0.717, 1.165) is 21.8 Å². The summed E-state index contributed by atoms with van der Waals surface area (Å²) in [7, 11) is 11.4. The Balaban J connectivity index is 0.000000191. The topological polar surface area (TPSA) is 142 Å². The summed E-state index contributed by atoms with van der Waals surface area (Å²) in [4.78, 5) is 0. The van der Waals surface area contributed by atoms with E-state index in [2.05, 4.69) is 12.1 Å². The Morgan fingerprint density at radius 2 is 0.918 bits per heavy atom. The normalized spacial score (nSPS) is 10.4. The molecule has 0 saturated heterocycles. The Labute approximate surface area is 282 Å². The smallest absolute Gasteiger partial charge is 0.203 e. The van der Waals surface area contributed by atoms with E-state index in [4.69, 9.17) is 33.2 Å². The van der Waals surface area contributed by atoms with Gasteiger partial charge in [-0.25, -0.2) is 0 Å². The second-order valence-electron chi connectivity index (χ2n) is 10.6. The van der Waals surface area contributed by atoms with Crippen molar-refractivity contribution in [2.75, 3.05) is 35.5 Å². The predicted octanol–water partition coefficient (Wildman–Crippen LogP) is 7.43. The van der Waals surface area contributed by atoms with Crippen molar-refractivity contribution in [2.45, 2.75) is 0 Å². The summed E-state index contributed by atoms with van der Waals surface area (Å²) >= 11 is 0. The number of rotatable bonds is 9. The van der Waals surface area contributed by atoms with E-state index < -0.39 is 0 Å². The van der Waals surface area contributed by atoms with Crippen LogP contribution in [0.1, 0.15) is 11.1 Å². The van der Waals surface area contributed by atoms with Gasteiger partial charge in [0, 0.05) is 72.6 Å². The van der Waals surface area contributed by atoms with Gasteiger partial charge in [-0.15, -0.1) is 0 Å². The van der Waals surface area contributed by atoms with Crippen LogP contribution in [0.4, 0.5) is 0 Å². The first-order valence-electron chi connectivity index (χ1n) is 14.8. The number of methoxy groups -OCH3 is 5. The fourth-order valence-electron chi connectivity index (χ4n) is 5.36. The van der Waals surface area contributed by atoms with Gasteiger partial charge in [-0.1, -0.05) is 0 Å². The third kappa shape index (κ3) is 6.75. The Bertz CT molecular complexity index is 2190. The van der Waals surface area contributed by atoms with Crippen molar-refractivity contribution in [3.8, 4) is 69.6 Å². The number of phenolic OH excluding ortho intramolecular Hbond substituents is 1. The Morgan fingerprint density at radius 3 is 1.27 bits per heavy atom. The maximum absolute atomic E-state index is 9.95. The highest BCUT2D eigenvalue weighted by molar-refractivity contribution is 5.88. The van der Waals surface area contributed by atoms with E-state index in [1.165, 1.54) is 14.2 Å². The number of fused-ring (bicyclic) bond motifs is 2. The van der Waals surface area contributed by atoms with Crippen molar-refractivity contribution in [1.29, 1.82) is 10.5 Å². The van der Waals surface area contributed by atoms with E-state index in [9.17, 15) is 15.6 Å². The second-order valence-corrected chi connectivity index (χ2v) is 10.6. The van der Waals surface area contributed by atoms with Crippen LogP contribution in [-0.4, -0.2) is 49.8 Å². The number of ether oxygens (including phenoxy) is 7. The van der Waals surface area contributed by atoms with Crippen LogP contribution in [0.25, 0.3) is 21.8 Å². The van der Waals surface area contributed by atoms with Gasteiger partial charge in [-0.3, -0.25) is 0 Å². The number of aromatic nitrogens is 2. The molecule has 0 fully saturated rings. The molecule has 6 rings (SSSR count). The van der Waals surface area contributed by atoms with Crippen LogP contribution in [0.3, 0.4) is 0 Å². The molecule has 0 bridgehead atoms. The van der Waals surface area contributed by atoms with Gasteiger partial charge in [0.15, 0.2) is 23.0 Å². The summed E-state index contributed by atoms with van der Waals surface area (Å²) < 4.78 is 41.8. The van der Waals surface area contributed by atoms with Crippen LogP contribution >= 0.6 is 0 Å². The van der Waals surface area contributed by atoms with E-state index in [1.807, 2.05) is 53.6 Å². The van der Waals surface area contributed by atoms with Gasteiger partial charge in [0.05, 0.1) is 46.7 Å². The Morgan fingerprint density at radius 1 is 0.531 bits per heavy atom. The van der Waals surface area contributed by atoms with Crippen molar-refractivity contribution in [3.63, 3.8) is 0 Å². The molecule has 6 aromatic rings. The first-order chi connectivity index (χ1) is 23.7. The van der Waals surface area contributed by atoms with Gasteiger partial charge in [-0.05, 0) is 36.4 Å². The highest BCUT2D eigenvalue weighted by atomic mass is 16.5. The van der Waals surface area contributed by atoms with Gasteiger partial charge in [0.1, 0.15) is 35.1 Å². The Hall–Kier alpha value is -6.66. The maximum Gasteiger partial charge on any atom is 0.203 e. The van der Waals surface area contributed by atoms with Crippen molar-refractivity contribution >= 4 is 21.8 Å². The molecule has 2 aromatic heterocycles. The van der Waals surface area contributed by atoms with E-state index >= 15 is 0 Å². The van der Waals surface area contributed by atoms with E-state index in [1.54, 1.807) is 64.1 Å². The molecule has 49 heavy (non-hydrogen) atoms. The summed E-state index contributed by atoms with van der Waals surface area (Å²) in [6, 6.07) is 22.1. The molecule has 1 N–H and O–H groups in total. The summed E-state index contributed by atoms with van der Waals surface area (Å²) in [5.41, 5.74) is 3.10. The molecule has 0 amide bonds. The highest BCUT2D eigenvalue weighted by Gasteiger charge is 2.16. The average Bonchev–Trinajstić information content (AvgIpc) is 3.62. The molecular weight excluding hydrogens is 628 g/mol. The lowest BCUT2D eigenvalue weighted by molar-refractivity contribution is 0.321. The molecule has 0 unspecified atom stereocenters. The molecule has 0 radical (unpaired) electrons. The zero-order valence-electron chi connectivity index (χ0n) is 28.0. The Kier molecular flexibility index (Phi) is 9.91. The summed E-state index contributed by atoms with van der Waals surface area (Å²) in [6.07, 6.45) is 3.58. The first-order valence-corrected chi connectivity index (χ1v) is 14.8. The number of phenols is 1. The fraction of sp³-hybridized carbons (Fsp3) is 0.189. The molecular formula is C37H34N4O8. The molecule has 0 aliphatic heterocycles. The molecule has 250 valence electrons. The molecule has 0 spiro atoms. The summed E-state index contributed by atoms with van der Waals surface area (Å²) in [6.45, 7) is 0. The van der Waals surface area contributed by atoms with Gasteiger partial charge in [0.25, 0.3) is 0 Å². The predicted molar refractivity (Wildman–Crippen MR) is 183 cm³/mol. The number of aromatic hydroxyl groups is 1. The van der Waals surface area contributed by atoms with Crippen molar-refractivity contribution in [1.82, 2.24) is 9.13 Å². The zero-order chi connectivity index (χ0) is 35.2. The minimum absolute atomic E-state index is 0.0855. The zero-order valence-corrected chi connectivity index (χ0v) is 28.0. The molecule has 0 atom stereocenters. The van der Waals surface area contributed by atoms with Crippen molar-refractivity contribution in [3.05, 3.63) is 84.2 Å². The number of nitrogens with zero attached hydrogens (tertiary/aromatic N) is 4. The standard InChI is InChI=1S/C19H18N2O4.C18H16N2O4/c1-21-11-12(10-20)15-7-13(5-6-16(15)21)25-14-8-17(22-2)19(24-4)18(9-14)23-3;1-20-10-11(9-19)14-6-12(4-5-15(14)20)24-13-7-16(22-2)18(21)17(8-13)23-3/h5-9,11H,1-4H3;4-8,10,21H,1-3H3.